The van der Waals surface area contributed by atoms with Gasteiger partial charge in [-0.2, -0.15) is 6.08 Å². The van der Waals surface area contributed by atoms with E-state index in [1.807, 2.05) is 12.2 Å². The van der Waals surface area contributed by atoms with Gasteiger partial charge in [-0.05, 0) is 0 Å². The topological polar surface area (TPSA) is 0 Å². The standard InChI is InChI=1S/C13H9.C5H5.C2H6Ge.2ClH.Ti/c1-3-7-12-10(5-1)9-11-6-2-4-8-13(11)12;1-2-4-5-3-1;1-3-2;;;/h1-9H;1-3H,4H2;1-2H3;2*1H;/q2*-1;;;;+2. The van der Waals surface area contributed by atoms with E-state index >= 15 is 0 Å². The molecule has 0 heterocycles. The summed E-state index contributed by atoms with van der Waals surface area (Å²) in [6.07, 6.45) is 10.0. The third-order valence-electron chi connectivity index (χ3n) is 3.11. The Morgan fingerprint density at radius 3 is 1.71 bits per heavy atom. The molecule has 3 aromatic rings. The Balaban J connectivity index is 0.000000409. The maximum Gasteiger partial charge on any atom is -0.0771 e. The van der Waals surface area contributed by atoms with Crippen molar-refractivity contribution in [3.63, 3.8) is 0 Å². The van der Waals surface area contributed by atoms with Gasteiger partial charge in [-0.1, -0.05) is 36.4 Å². The molecule has 0 amide bonds. The van der Waals surface area contributed by atoms with E-state index in [9.17, 15) is 0 Å². The fourth-order valence-electron chi connectivity index (χ4n) is 2.24. The van der Waals surface area contributed by atoms with Crippen molar-refractivity contribution in [1.29, 1.82) is 0 Å². The number of hydrogen-bond acceptors (Lipinski definition) is 0. The number of benzene rings is 2. The van der Waals surface area contributed by atoms with Crippen molar-refractivity contribution in [2.45, 2.75) is 17.9 Å². The van der Waals surface area contributed by atoms with Crippen LogP contribution in [0.5, 0.6) is 0 Å². The summed E-state index contributed by atoms with van der Waals surface area (Å²) in [4.78, 5) is 0. The van der Waals surface area contributed by atoms with E-state index in [1.54, 1.807) is 0 Å². The molecule has 0 saturated carbocycles. The molecule has 0 N–H and O–H groups in total. The summed E-state index contributed by atoms with van der Waals surface area (Å²) in [7, 11) is -0.333. The number of fused-ring (bicyclic) bond motifs is 3. The van der Waals surface area contributed by atoms with Crippen molar-refractivity contribution in [2.24, 2.45) is 0 Å². The van der Waals surface area contributed by atoms with Crippen LogP contribution in [-0.4, -0.2) is 11.0 Å². The van der Waals surface area contributed by atoms with Gasteiger partial charge in [0.05, 0.1) is 0 Å². The van der Waals surface area contributed by atoms with Gasteiger partial charge in [0.2, 0.25) is 0 Å². The van der Waals surface area contributed by atoms with E-state index in [-0.39, 0.29) is 35.8 Å². The van der Waals surface area contributed by atoms with Crippen LogP contribution in [0.25, 0.3) is 21.5 Å². The first-order valence-corrected chi connectivity index (χ1v) is 16.8. The van der Waals surface area contributed by atoms with E-state index in [4.69, 9.17) is 0 Å². The first-order chi connectivity index (χ1) is 10.7. The van der Waals surface area contributed by atoms with E-state index in [0.29, 0.717) is 0 Å². The summed E-state index contributed by atoms with van der Waals surface area (Å²) in [5.41, 5.74) is 0. The smallest absolute Gasteiger partial charge is 0.0771 e. The van der Waals surface area contributed by atoms with Crippen molar-refractivity contribution in [2.75, 3.05) is 0 Å². The predicted molar refractivity (Wildman–Crippen MR) is 111 cm³/mol. The molecule has 4 heteroatoms. The maximum atomic E-state index is 2.99. The molecule has 24 heavy (non-hydrogen) atoms. The zero-order chi connectivity index (χ0) is 15.8. The van der Waals surface area contributed by atoms with Crippen LogP contribution in [-0.2, 0) is 17.6 Å². The molecule has 1 aliphatic rings. The second-order valence-corrected chi connectivity index (χ2v) is 17.6. The molecule has 0 fully saturated rings. The summed E-state index contributed by atoms with van der Waals surface area (Å²) in [6.45, 7) is 0. The van der Waals surface area contributed by atoms with Gasteiger partial charge < -0.3 is 0 Å². The van der Waals surface area contributed by atoms with Gasteiger partial charge in [0.25, 0.3) is 0 Å². The Hall–Kier alpha value is -0.373. The minimum atomic E-state index is -0.333. The molecule has 0 aromatic heterocycles. The number of allylic oxidation sites excluding steroid dienone is 4. The number of hydrogen-bond donors (Lipinski definition) is 0. The largest absolute Gasteiger partial charge is 0.126 e. The van der Waals surface area contributed by atoms with Crippen molar-refractivity contribution >= 4 is 57.3 Å². The average molecular weight is 454 g/mol. The van der Waals surface area contributed by atoms with Crippen LogP contribution in [0.2, 0.25) is 11.5 Å². The van der Waals surface area contributed by atoms with Crippen molar-refractivity contribution in [3.05, 3.63) is 78.9 Å². The molecule has 0 unspecified atom stereocenters. The monoisotopic (exact) mass is 454 g/mol. The summed E-state index contributed by atoms with van der Waals surface area (Å²) in [5.74, 6) is 4.67. The minimum absolute atomic E-state index is 0. The maximum absolute atomic E-state index is 2.99. The molecule has 0 radical (unpaired) electrons. The minimum Gasteiger partial charge on any atom is -0.126 e. The Morgan fingerprint density at radius 1 is 0.917 bits per heavy atom. The van der Waals surface area contributed by atoms with Crippen LogP contribution in [0.15, 0.2) is 72.8 Å². The molecule has 0 atom stereocenters. The van der Waals surface area contributed by atoms with Crippen LogP contribution in [0.4, 0.5) is 0 Å². The van der Waals surface area contributed by atoms with Crippen LogP contribution in [0.1, 0.15) is 6.42 Å². The molecule has 4 rings (SSSR count). The van der Waals surface area contributed by atoms with Crippen molar-refractivity contribution in [3.8, 4) is 0 Å². The summed E-state index contributed by atoms with van der Waals surface area (Å²) < 4.78 is 0. The van der Waals surface area contributed by atoms with Crippen LogP contribution < -0.4 is 0 Å². The van der Waals surface area contributed by atoms with Gasteiger partial charge in [0.15, 0.2) is 0 Å². The van der Waals surface area contributed by atoms with Crippen LogP contribution in [0.3, 0.4) is 0 Å². The predicted octanol–water partition coefficient (Wildman–Crippen LogP) is 6.65. The molecular formula is C20H22Cl2GeTi. The number of rotatable bonds is 0. The summed E-state index contributed by atoms with van der Waals surface area (Å²) in [6, 6.07) is 19.3. The molecule has 0 saturated heterocycles. The van der Waals surface area contributed by atoms with E-state index in [0.717, 1.165) is 6.42 Å². The van der Waals surface area contributed by atoms with Gasteiger partial charge in [0.1, 0.15) is 0 Å². The van der Waals surface area contributed by atoms with Gasteiger partial charge >= 0.3 is 40.1 Å². The first kappa shape index (κ1) is 23.6. The molecular weight excluding hydrogens is 432 g/mol. The average Bonchev–Trinajstić information content (AvgIpc) is 3.18. The fraction of sp³-hybridized carbons (Fsp3) is 0.150. The second kappa shape index (κ2) is 12.9. The molecule has 0 bridgehead atoms. The Labute approximate surface area is 170 Å². The van der Waals surface area contributed by atoms with E-state index in [2.05, 4.69) is 95.9 Å². The zero-order valence-electron chi connectivity index (χ0n) is 14.0. The van der Waals surface area contributed by atoms with Crippen molar-refractivity contribution < 1.29 is 17.6 Å². The molecule has 0 spiro atoms. The van der Waals surface area contributed by atoms with Gasteiger partial charge in [-0.25, -0.2) is 12.2 Å². The first-order valence-electron chi connectivity index (χ1n) is 7.45. The summed E-state index contributed by atoms with van der Waals surface area (Å²) in [5, 5.41) is 5.39. The summed E-state index contributed by atoms with van der Waals surface area (Å²) >= 11 is 2.33. The molecule has 1 aliphatic carbocycles. The van der Waals surface area contributed by atoms with E-state index in [1.165, 1.54) is 21.5 Å². The quantitative estimate of drug-likeness (QED) is 0.264. The molecule has 124 valence electrons. The van der Waals surface area contributed by atoms with Crippen LogP contribution in [0, 0.1) is 6.08 Å². The molecule has 3 aromatic carbocycles. The fourth-order valence-corrected chi connectivity index (χ4v) is 2.24. The third kappa shape index (κ3) is 7.67. The second-order valence-electron chi connectivity index (χ2n) is 5.32. The van der Waals surface area contributed by atoms with Gasteiger partial charge in [-0.15, -0.1) is 71.0 Å². The van der Waals surface area contributed by atoms with Gasteiger partial charge in [-0.3, -0.25) is 6.08 Å². The third-order valence-corrected chi connectivity index (χ3v) is 3.11. The normalized spacial score (nSPS) is 10.8. The van der Waals surface area contributed by atoms with Crippen LogP contribution >= 0.6 is 24.8 Å². The molecule has 0 aliphatic heterocycles. The SMILES string of the molecule is Cl.Cl.[C-]1=CC=CC1.[CH3][Ge]([CH3])=[Ti+2].c1ccc2c(c1)[cH-]c1ccccc12. The molecule has 0 nitrogen and oxygen atoms in total. The Kier molecular flexibility index (Phi) is 12.7. The van der Waals surface area contributed by atoms with Gasteiger partial charge in [0, 0.05) is 0 Å². The zero-order valence-corrected chi connectivity index (χ0v) is 19.2. The Morgan fingerprint density at radius 2 is 1.38 bits per heavy atom. The van der Waals surface area contributed by atoms with E-state index < -0.39 is 0 Å². The van der Waals surface area contributed by atoms with Crippen molar-refractivity contribution in [1.82, 2.24) is 0 Å². The Bertz CT molecular complexity index is 754. The number of halogens is 2.